The number of carbonyl (C=O) groups excluding carboxylic acids is 1. The number of aromatic amines is 1. The molecule has 1 amide bonds. The number of aromatic nitrogens is 3. The van der Waals surface area contributed by atoms with Crippen LogP contribution in [0.2, 0.25) is 10.0 Å². The molecule has 1 aliphatic rings. The van der Waals surface area contributed by atoms with Gasteiger partial charge < -0.3 is 19.0 Å². The van der Waals surface area contributed by atoms with Gasteiger partial charge in [-0.25, -0.2) is 9.78 Å². The maximum Gasteiger partial charge on any atom is 0.416 e. The number of nitrogens with zero attached hydrogens (tertiary/aromatic N) is 3. The summed E-state index contributed by atoms with van der Waals surface area (Å²) in [5.41, 5.74) is 4.10. The highest BCUT2D eigenvalue weighted by molar-refractivity contribution is 6.31. The summed E-state index contributed by atoms with van der Waals surface area (Å²) >= 11 is 12.4. The molecule has 0 fully saturated rings. The van der Waals surface area contributed by atoms with Crippen LogP contribution in [-0.2, 0) is 13.0 Å². The summed E-state index contributed by atoms with van der Waals surface area (Å²) in [6.45, 7) is 2.17. The Morgan fingerprint density at radius 3 is 2.48 bits per heavy atom. The lowest BCUT2D eigenvalue weighted by atomic mass is 9.92. The van der Waals surface area contributed by atoms with Gasteiger partial charge in [-0.1, -0.05) is 48.2 Å². The van der Waals surface area contributed by atoms with Crippen molar-refractivity contribution in [1.29, 1.82) is 0 Å². The summed E-state index contributed by atoms with van der Waals surface area (Å²) in [7, 11) is 0. The molecule has 0 radical (unpaired) electrons. The molecular formula is C33H32Cl2N4O3. The second-order valence-electron chi connectivity index (χ2n) is 10.5. The van der Waals surface area contributed by atoms with Gasteiger partial charge in [-0.2, -0.15) is 0 Å². The molecule has 1 aliphatic heterocycles. The number of hydrogen-bond donors (Lipinski definition) is 1. The number of unbranched alkanes of at least 4 members (excludes halogenated alkanes) is 3. The third-order valence-electron chi connectivity index (χ3n) is 7.68. The zero-order valence-corrected chi connectivity index (χ0v) is 24.7. The summed E-state index contributed by atoms with van der Waals surface area (Å²) < 4.78 is 13.9. The first-order valence-corrected chi connectivity index (χ1v) is 15.0. The minimum Gasteiger partial charge on any atom is -0.494 e. The smallest absolute Gasteiger partial charge is 0.416 e. The van der Waals surface area contributed by atoms with E-state index in [-0.39, 0.29) is 6.04 Å². The van der Waals surface area contributed by atoms with Gasteiger partial charge in [0, 0.05) is 52.1 Å². The molecule has 0 saturated heterocycles. The standard InChI is InChI=1S/C33H32Cl2N4O3/c34-24-7-12-27(13-8-24)42-33(40)39-18-15-28-29-21-25(35)9-14-30(29)37-31(28)32(39)23-5-10-26(11-6-23)41-20-4-2-1-3-17-38-19-16-36-22-38/h5-14,16,19,21-22,32,37H,1-4,15,17-18,20H2. The lowest BCUT2D eigenvalue weighted by Gasteiger charge is -2.35. The van der Waals surface area contributed by atoms with Crippen LogP contribution in [0.1, 0.15) is 48.5 Å². The molecule has 9 heteroatoms. The average Bonchev–Trinajstić information content (AvgIpc) is 3.65. The maximum atomic E-state index is 13.5. The van der Waals surface area contributed by atoms with Gasteiger partial charge in [-0.3, -0.25) is 4.90 Å². The van der Waals surface area contributed by atoms with Crippen LogP contribution in [0, 0.1) is 0 Å². The first-order valence-electron chi connectivity index (χ1n) is 14.3. The monoisotopic (exact) mass is 602 g/mol. The number of aryl methyl sites for hydroxylation is 1. The first kappa shape index (κ1) is 28.2. The summed E-state index contributed by atoms with van der Waals surface area (Å²) in [5, 5.41) is 2.35. The number of fused-ring (bicyclic) bond motifs is 3. The Morgan fingerprint density at radius 2 is 1.69 bits per heavy atom. The van der Waals surface area contributed by atoms with Crippen molar-refractivity contribution in [2.75, 3.05) is 13.2 Å². The summed E-state index contributed by atoms with van der Waals surface area (Å²) in [6.07, 6.45) is 10.3. The fourth-order valence-corrected chi connectivity index (χ4v) is 5.87. The van der Waals surface area contributed by atoms with Gasteiger partial charge in [0.05, 0.1) is 12.9 Å². The Kier molecular flexibility index (Phi) is 8.68. The Bertz CT molecular complexity index is 1630. The van der Waals surface area contributed by atoms with Gasteiger partial charge >= 0.3 is 6.09 Å². The topological polar surface area (TPSA) is 72.4 Å². The highest BCUT2D eigenvalue weighted by Gasteiger charge is 2.35. The zero-order chi connectivity index (χ0) is 28.9. The number of hydrogen-bond acceptors (Lipinski definition) is 4. The maximum absolute atomic E-state index is 13.5. The van der Waals surface area contributed by atoms with Crippen molar-refractivity contribution < 1.29 is 14.3 Å². The number of H-pyrrole nitrogens is 1. The highest BCUT2D eigenvalue weighted by Crippen LogP contribution is 2.40. The molecule has 0 bridgehead atoms. The summed E-state index contributed by atoms with van der Waals surface area (Å²) in [5.74, 6) is 1.26. The average molecular weight is 604 g/mol. The number of halogens is 2. The van der Waals surface area contributed by atoms with E-state index in [2.05, 4.69) is 14.5 Å². The number of carbonyl (C=O) groups is 1. The van der Waals surface area contributed by atoms with Gasteiger partial charge in [0.2, 0.25) is 0 Å². The third kappa shape index (κ3) is 6.42. The lowest BCUT2D eigenvalue weighted by Crippen LogP contribution is -2.42. The van der Waals surface area contributed by atoms with Crippen LogP contribution < -0.4 is 9.47 Å². The second kappa shape index (κ2) is 12.9. The first-order chi connectivity index (χ1) is 20.5. The normalized spacial score (nSPS) is 14.6. The van der Waals surface area contributed by atoms with Crippen LogP contribution in [-0.4, -0.2) is 38.7 Å². The van der Waals surface area contributed by atoms with Gasteiger partial charge in [0.15, 0.2) is 0 Å². The van der Waals surface area contributed by atoms with Crippen molar-refractivity contribution in [3.63, 3.8) is 0 Å². The van der Waals surface area contributed by atoms with E-state index in [1.807, 2.05) is 61.2 Å². The molecule has 5 aromatic rings. The van der Waals surface area contributed by atoms with Crippen molar-refractivity contribution in [2.45, 2.75) is 44.7 Å². The molecule has 0 aliphatic carbocycles. The summed E-state index contributed by atoms with van der Waals surface area (Å²) in [4.78, 5) is 22.9. The molecular weight excluding hydrogens is 571 g/mol. The second-order valence-corrected chi connectivity index (χ2v) is 11.4. The van der Waals surface area contributed by atoms with Crippen molar-refractivity contribution in [2.24, 2.45) is 0 Å². The highest BCUT2D eigenvalue weighted by atomic mass is 35.5. The summed E-state index contributed by atoms with van der Waals surface area (Å²) in [6, 6.07) is 20.3. The van der Waals surface area contributed by atoms with E-state index in [0.717, 1.165) is 60.1 Å². The largest absolute Gasteiger partial charge is 0.494 e. The van der Waals surface area contributed by atoms with Crippen LogP contribution in [0.25, 0.3) is 10.9 Å². The van der Waals surface area contributed by atoms with Crippen molar-refractivity contribution >= 4 is 40.2 Å². The van der Waals surface area contributed by atoms with Crippen LogP contribution in [0.3, 0.4) is 0 Å². The van der Waals surface area contributed by atoms with Gasteiger partial charge in [0.1, 0.15) is 17.5 Å². The Morgan fingerprint density at radius 1 is 0.929 bits per heavy atom. The quantitative estimate of drug-likeness (QED) is 0.163. The number of ether oxygens (including phenoxy) is 2. The Hall–Kier alpha value is -3.94. The molecule has 3 aromatic carbocycles. The van der Waals surface area contributed by atoms with E-state index in [1.165, 1.54) is 5.56 Å². The van der Waals surface area contributed by atoms with Gasteiger partial charge in [0.25, 0.3) is 0 Å². The van der Waals surface area contributed by atoms with E-state index in [4.69, 9.17) is 32.7 Å². The van der Waals surface area contributed by atoms with Crippen molar-refractivity contribution in [1.82, 2.24) is 19.4 Å². The molecule has 2 aromatic heterocycles. The van der Waals surface area contributed by atoms with E-state index in [9.17, 15) is 4.79 Å². The lowest BCUT2D eigenvalue weighted by molar-refractivity contribution is 0.135. The van der Waals surface area contributed by atoms with E-state index in [1.54, 1.807) is 29.2 Å². The van der Waals surface area contributed by atoms with E-state index in [0.29, 0.717) is 35.4 Å². The molecule has 216 valence electrons. The number of imidazole rings is 1. The van der Waals surface area contributed by atoms with E-state index >= 15 is 0 Å². The van der Waals surface area contributed by atoms with Crippen molar-refractivity contribution in [3.05, 3.63) is 112 Å². The molecule has 42 heavy (non-hydrogen) atoms. The predicted molar refractivity (Wildman–Crippen MR) is 166 cm³/mol. The van der Waals surface area contributed by atoms with Gasteiger partial charge in [-0.05, 0) is 85.0 Å². The molecule has 0 saturated carbocycles. The number of benzene rings is 3. The molecule has 6 rings (SSSR count). The molecule has 7 nitrogen and oxygen atoms in total. The predicted octanol–water partition coefficient (Wildman–Crippen LogP) is 8.46. The fourth-order valence-electron chi connectivity index (χ4n) is 5.57. The van der Waals surface area contributed by atoms with E-state index < -0.39 is 6.09 Å². The zero-order valence-electron chi connectivity index (χ0n) is 23.1. The molecule has 0 spiro atoms. The molecule has 1 N–H and O–H groups in total. The van der Waals surface area contributed by atoms with Crippen LogP contribution in [0.15, 0.2) is 85.5 Å². The third-order valence-corrected chi connectivity index (χ3v) is 8.16. The van der Waals surface area contributed by atoms with Crippen LogP contribution in [0.5, 0.6) is 11.5 Å². The Balaban J connectivity index is 1.15. The Labute approximate surface area is 255 Å². The molecule has 1 unspecified atom stereocenters. The number of amides is 1. The number of nitrogens with one attached hydrogen (secondary N) is 1. The molecule has 1 atom stereocenters. The van der Waals surface area contributed by atoms with Gasteiger partial charge in [-0.15, -0.1) is 0 Å². The SMILES string of the molecule is O=C(Oc1ccc(Cl)cc1)N1CCc2c([nH]c3ccc(Cl)cc23)C1c1ccc(OCCCCCCn2ccnc2)cc1. The fraction of sp³-hybridized carbons (Fsp3) is 0.273. The van der Waals surface area contributed by atoms with Crippen LogP contribution >= 0.6 is 23.2 Å². The van der Waals surface area contributed by atoms with Crippen molar-refractivity contribution in [3.8, 4) is 11.5 Å². The minimum absolute atomic E-state index is 0.357. The number of rotatable bonds is 10. The molecule has 3 heterocycles. The minimum atomic E-state index is -0.418. The van der Waals surface area contributed by atoms with Crippen LogP contribution in [0.4, 0.5) is 4.79 Å².